The van der Waals surface area contributed by atoms with Crippen LogP contribution < -0.4 is 25.8 Å². The number of pyridine rings is 1. The average Bonchev–Trinajstić information content (AvgIpc) is 3.75. The van der Waals surface area contributed by atoms with E-state index in [4.69, 9.17) is 16.3 Å². The van der Waals surface area contributed by atoms with Gasteiger partial charge in [-0.05, 0) is 37.0 Å². The van der Waals surface area contributed by atoms with Crippen LogP contribution in [-0.4, -0.2) is 57.9 Å². The van der Waals surface area contributed by atoms with E-state index in [1.165, 1.54) is 19.0 Å². The number of nitrogens with one attached hydrogen (secondary N) is 2. The number of halogens is 3. The number of aromatic nitrogens is 3. The molecule has 9 nitrogen and oxygen atoms in total. The maximum Gasteiger partial charge on any atom is 0.295 e. The van der Waals surface area contributed by atoms with Crippen LogP contribution in [0.5, 0.6) is 5.75 Å². The Hall–Kier alpha value is -3.18. The SMILES string of the molecule is Cn1c(=O)c2c(c3cc(Nc4nc(N5CCC(F)(F)[C@@H](CO)C5)ncc4Cl)ccc31)NC(C1CC1)CCO2. The van der Waals surface area contributed by atoms with E-state index < -0.39 is 24.9 Å². The Morgan fingerprint density at radius 1 is 1.32 bits per heavy atom. The van der Waals surface area contributed by atoms with Gasteiger partial charge in [0, 0.05) is 50.1 Å². The highest BCUT2D eigenvalue weighted by molar-refractivity contribution is 6.32. The topological polar surface area (TPSA) is 105 Å². The lowest BCUT2D eigenvalue weighted by molar-refractivity contribution is -0.0881. The second-order valence-corrected chi connectivity index (χ2v) is 10.8. The minimum Gasteiger partial charge on any atom is -0.486 e. The van der Waals surface area contributed by atoms with Gasteiger partial charge >= 0.3 is 0 Å². The summed E-state index contributed by atoms with van der Waals surface area (Å²) < 4.78 is 35.7. The molecule has 2 atom stereocenters. The predicted molar refractivity (Wildman–Crippen MR) is 142 cm³/mol. The molecule has 0 bridgehead atoms. The highest BCUT2D eigenvalue weighted by Crippen LogP contribution is 2.41. The summed E-state index contributed by atoms with van der Waals surface area (Å²) in [5, 5.41) is 17.4. The van der Waals surface area contributed by atoms with Gasteiger partial charge in [0.1, 0.15) is 5.02 Å². The standard InChI is InChI=1S/C26H29ClF2N6O3/c1-34-20-5-4-16(10-17(20)21-22(24(34)37)38-9-6-19(32-21)14-2-3-14)31-23-18(27)11-30-25(33-23)35-8-7-26(28,29)15(12-35)13-36/h4-5,10-11,14-15,19,32,36H,2-3,6-9,12-13H2,1H3,(H,30,31,33)/t15-,19?/m1/s1. The van der Waals surface area contributed by atoms with E-state index in [-0.39, 0.29) is 35.7 Å². The Bertz CT molecular complexity index is 1450. The zero-order valence-corrected chi connectivity index (χ0v) is 21.6. The number of hydrogen-bond acceptors (Lipinski definition) is 8. The number of nitrogens with zero attached hydrogens (tertiary/aromatic N) is 4. The Morgan fingerprint density at radius 2 is 2.13 bits per heavy atom. The first-order chi connectivity index (χ1) is 18.2. The Kier molecular flexibility index (Phi) is 6.30. The minimum atomic E-state index is -2.93. The van der Waals surface area contributed by atoms with Gasteiger partial charge < -0.3 is 29.9 Å². The first-order valence-corrected chi connectivity index (χ1v) is 13.2. The van der Waals surface area contributed by atoms with E-state index >= 15 is 0 Å². The molecule has 3 aromatic rings. The third kappa shape index (κ3) is 4.51. The zero-order chi connectivity index (χ0) is 26.6. The van der Waals surface area contributed by atoms with Gasteiger partial charge in [0.15, 0.2) is 5.82 Å². The number of alkyl halides is 2. The van der Waals surface area contributed by atoms with E-state index in [1.54, 1.807) is 16.5 Å². The van der Waals surface area contributed by atoms with Gasteiger partial charge in [-0.25, -0.2) is 13.8 Å². The normalized spacial score (nSPS) is 22.8. The van der Waals surface area contributed by atoms with Crippen molar-refractivity contribution < 1.29 is 18.6 Å². The van der Waals surface area contributed by atoms with Gasteiger partial charge in [-0.1, -0.05) is 11.6 Å². The number of piperidine rings is 1. The van der Waals surface area contributed by atoms with Crippen molar-refractivity contribution in [1.29, 1.82) is 0 Å². The number of ether oxygens (including phenoxy) is 1. The number of hydrogen-bond donors (Lipinski definition) is 3. The monoisotopic (exact) mass is 546 g/mol. The third-order valence-corrected chi connectivity index (χ3v) is 8.08. The van der Waals surface area contributed by atoms with Gasteiger partial charge in [-0.15, -0.1) is 0 Å². The van der Waals surface area contributed by atoms with E-state index in [1.807, 2.05) is 18.2 Å². The molecule has 1 saturated heterocycles. The van der Waals surface area contributed by atoms with Crippen molar-refractivity contribution in [2.75, 3.05) is 41.8 Å². The summed E-state index contributed by atoms with van der Waals surface area (Å²) in [7, 11) is 1.72. The number of fused-ring (bicyclic) bond motifs is 3. The van der Waals surface area contributed by atoms with Crippen molar-refractivity contribution in [2.24, 2.45) is 18.9 Å². The van der Waals surface area contributed by atoms with Crippen LogP contribution in [-0.2, 0) is 7.05 Å². The van der Waals surface area contributed by atoms with E-state index in [2.05, 4.69) is 20.6 Å². The fourth-order valence-electron chi connectivity index (χ4n) is 5.36. The zero-order valence-electron chi connectivity index (χ0n) is 20.9. The summed E-state index contributed by atoms with van der Waals surface area (Å²) in [5.74, 6) is -2.64. The summed E-state index contributed by atoms with van der Waals surface area (Å²) in [6.07, 6.45) is 4.22. The quantitative estimate of drug-likeness (QED) is 0.438. The van der Waals surface area contributed by atoms with Crippen molar-refractivity contribution in [3.63, 3.8) is 0 Å². The molecular weight excluding hydrogens is 518 g/mol. The van der Waals surface area contributed by atoms with Crippen molar-refractivity contribution in [1.82, 2.24) is 14.5 Å². The van der Waals surface area contributed by atoms with Gasteiger partial charge in [-0.2, -0.15) is 4.98 Å². The number of aliphatic hydroxyl groups is 1. The molecule has 202 valence electrons. The van der Waals surface area contributed by atoms with Crippen molar-refractivity contribution in [3.8, 4) is 5.75 Å². The smallest absolute Gasteiger partial charge is 0.295 e. The molecule has 2 aliphatic heterocycles. The molecule has 1 aliphatic carbocycles. The first kappa shape index (κ1) is 25.1. The maximum atomic E-state index is 14.1. The van der Waals surface area contributed by atoms with Crippen LogP contribution in [0.1, 0.15) is 25.7 Å². The molecule has 0 amide bonds. The second-order valence-electron chi connectivity index (χ2n) is 10.4. The van der Waals surface area contributed by atoms with Crippen LogP contribution >= 0.6 is 11.6 Å². The minimum absolute atomic E-state index is 0.0610. The van der Waals surface area contributed by atoms with E-state index in [9.17, 15) is 18.7 Å². The molecule has 0 spiro atoms. The molecule has 2 aromatic heterocycles. The molecule has 2 fully saturated rings. The highest BCUT2D eigenvalue weighted by atomic mass is 35.5. The van der Waals surface area contributed by atoms with Crippen LogP contribution in [0.15, 0.2) is 29.2 Å². The summed E-state index contributed by atoms with van der Waals surface area (Å²) in [5.41, 5.74) is 1.94. The average molecular weight is 547 g/mol. The number of anilines is 4. The molecule has 6 rings (SSSR count). The van der Waals surface area contributed by atoms with Crippen LogP contribution in [0, 0.1) is 11.8 Å². The van der Waals surface area contributed by atoms with Crippen LogP contribution in [0.4, 0.5) is 31.9 Å². The van der Waals surface area contributed by atoms with E-state index in [0.717, 1.165) is 17.3 Å². The largest absolute Gasteiger partial charge is 0.486 e. The fraction of sp³-hybridized carbons (Fsp3) is 0.500. The molecule has 1 aromatic carbocycles. The summed E-state index contributed by atoms with van der Waals surface area (Å²) in [6.45, 7) is -0.132. The molecule has 1 unspecified atom stereocenters. The van der Waals surface area contributed by atoms with Crippen molar-refractivity contribution in [2.45, 2.75) is 37.6 Å². The predicted octanol–water partition coefficient (Wildman–Crippen LogP) is 4.15. The van der Waals surface area contributed by atoms with Crippen LogP contribution in [0.2, 0.25) is 5.02 Å². The lowest BCUT2D eigenvalue weighted by atomic mass is 9.94. The number of aryl methyl sites for hydroxylation is 1. The lowest BCUT2D eigenvalue weighted by Gasteiger charge is -2.37. The lowest BCUT2D eigenvalue weighted by Crippen LogP contribution is -2.49. The molecule has 4 heterocycles. The maximum absolute atomic E-state index is 14.1. The summed E-state index contributed by atoms with van der Waals surface area (Å²) >= 11 is 6.40. The third-order valence-electron chi connectivity index (χ3n) is 7.80. The Morgan fingerprint density at radius 3 is 2.89 bits per heavy atom. The molecule has 1 saturated carbocycles. The molecule has 3 N–H and O–H groups in total. The van der Waals surface area contributed by atoms with Crippen LogP contribution in [0.3, 0.4) is 0 Å². The molecule has 38 heavy (non-hydrogen) atoms. The molecule has 3 aliphatic rings. The Balaban J connectivity index is 1.34. The van der Waals surface area contributed by atoms with Gasteiger partial charge in [0.2, 0.25) is 11.7 Å². The molecule has 0 radical (unpaired) electrons. The number of benzene rings is 1. The first-order valence-electron chi connectivity index (χ1n) is 12.8. The van der Waals surface area contributed by atoms with Gasteiger partial charge in [0.25, 0.3) is 11.5 Å². The van der Waals surface area contributed by atoms with E-state index in [0.29, 0.717) is 35.5 Å². The highest BCUT2D eigenvalue weighted by Gasteiger charge is 2.44. The summed E-state index contributed by atoms with van der Waals surface area (Å²) in [4.78, 5) is 23.4. The molecular formula is C26H29ClF2N6O3. The Labute approximate surface area is 222 Å². The molecule has 12 heteroatoms. The second kappa shape index (κ2) is 9.53. The number of aliphatic hydroxyl groups excluding tert-OH is 1. The van der Waals surface area contributed by atoms with Crippen molar-refractivity contribution in [3.05, 3.63) is 39.8 Å². The van der Waals surface area contributed by atoms with Crippen LogP contribution in [0.25, 0.3) is 10.9 Å². The summed E-state index contributed by atoms with van der Waals surface area (Å²) in [6, 6.07) is 5.85. The van der Waals surface area contributed by atoms with Gasteiger partial charge in [0.05, 0.1) is 36.5 Å². The van der Waals surface area contributed by atoms with Gasteiger partial charge in [-0.3, -0.25) is 4.79 Å². The fourth-order valence-corrected chi connectivity index (χ4v) is 5.50. The number of rotatable bonds is 5. The van der Waals surface area contributed by atoms with Crippen molar-refractivity contribution >= 4 is 45.6 Å².